The van der Waals surface area contributed by atoms with Crippen molar-refractivity contribution in [3.05, 3.63) is 0 Å². The molecule has 2 aliphatic rings. The lowest BCUT2D eigenvalue weighted by atomic mass is 10.0. The molecule has 0 aromatic rings. The topological polar surface area (TPSA) is 29.5 Å². The maximum absolute atomic E-state index is 11.6. The lowest BCUT2D eigenvalue weighted by Crippen LogP contribution is -2.40. The molecule has 2 atom stereocenters. The van der Waals surface area contributed by atoms with Crippen molar-refractivity contribution in [2.45, 2.75) is 38.1 Å². The van der Waals surface area contributed by atoms with Crippen LogP contribution in [-0.2, 0) is 9.53 Å². The highest BCUT2D eigenvalue weighted by Gasteiger charge is 2.29. The van der Waals surface area contributed by atoms with Gasteiger partial charge in [-0.3, -0.25) is 9.69 Å². The fourth-order valence-corrected chi connectivity index (χ4v) is 2.75. The molecule has 3 heteroatoms. The number of Topliss-reactive ketones (excluding diaryl/α,β-unsaturated/α-hetero) is 1. The van der Waals surface area contributed by atoms with Crippen LogP contribution < -0.4 is 0 Å². The quantitative estimate of drug-likeness (QED) is 0.708. The zero-order chi connectivity index (χ0) is 10.7. The summed E-state index contributed by atoms with van der Waals surface area (Å²) in [6.07, 6.45) is 5.36. The van der Waals surface area contributed by atoms with E-state index in [0.717, 1.165) is 39.0 Å². The lowest BCUT2D eigenvalue weighted by molar-refractivity contribution is -0.121. The maximum atomic E-state index is 11.6. The molecule has 1 saturated carbocycles. The summed E-state index contributed by atoms with van der Waals surface area (Å²) in [7, 11) is 2.09. The fraction of sp³-hybridized carbons (Fsp3) is 0.917. The molecule has 2 fully saturated rings. The molecule has 2 rings (SSSR count). The van der Waals surface area contributed by atoms with E-state index in [0.29, 0.717) is 11.7 Å². The molecule has 0 amide bonds. The van der Waals surface area contributed by atoms with E-state index in [-0.39, 0.29) is 6.04 Å². The van der Waals surface area contributed by atoms with Crippen LogP contribution in [0.2, 0.25) is 0 Å². The number of likely N-dealkylation sites (N-methyl/N-ethyl adjacent to an activating group) is 1. The van der Waals surface area contributed by atoms with Crippen molar-refractivity contribution < 1.29 is 9.53 Å². The molecule has 0 bridgehead atoms. The van der Waals surface area contributed by atoms with Gasteiger partial charge in [0.2, 0.25) is 0 Å². The minimum Gasteiger partial charge on any atom is -0.381 e. The molecule has 1 aliphatic heterocycles. The Morgan fingerprint density at radius 2 is 2.27 bits per heavy atom. The summed E-state index contributed by atoms with van der Waals surface area (Å²) < 4.78 is 5.46. The Hall–Kier alpha value is -0.410. The van der Waals surface area contributed by atoms with Gasteiger partial charge in [0, 0.05) is 19.6 Å². The van der Waals surface area contributed by atoms with Crippen LogP contribution in [0, 0.1) is 5.92 Å². The smallest absolute Gasteiger partial charge is 0.149 e. The summed E-state index contributed by atoms with van der Waals surface area (Å²) in [5.74, 6) is 1.08. The van der Waals surface area contributed by atoms with Crippen LogP contribution in [0.5, 0.6) is 0 Å². The average molecular weight is 211 g/mol. The second kappa shape index (κ2) is 5.08. The molecule has 2 unspecified atom stereocenters. The normalized spacial score (nSPS) is 32.5. The average Bonchev–Trinajstić information content (AvgIpc) is 2.66. The summed E-state index contributed by atoms with van der Waals surface area (Å²) in [6, 6.07) is 0.201. The van der Waals surface area contributed by atoms with E-state index in [9.17, 15) is 4.79 Å². The first kappa shape index (κ1) is 11.1. The summed E-state index contributed by atoms with van der Waals surface area (Å²) in [4.78, 5) is 13.8. The summed E-state index contributed by atoms with van der Waals surface area (Å²) >= 11 is 0. The third-order valence-corrected chi connectivity index (χ3v) is 3.61. The van der Waals surface area contributed by atoms with Crippen LogP contribution in [0.25, 0.3) is 0 Å². The predicted molar refractivity (Wildman–Crippen MR) is 58.8 cm³/mol. The molecule has 1 saturated heterocycles. The Balaban J connectivity index is 1.80. The van der Waals surface area contributed by atoms with Crippen LogP contribution >= 0.6 is 0 Å². The largest absolute Gasteiger partial charge is 0.381 e. The van der Waals surface area contributed by atoms with E-state index in [1.807, 2.05) is 0 Å². The van der Waals surface area contributed by atoms with E-state index in [4.69, 9.17) is 4.74 Å². The Bertz CT molecular complexity index is 224. The number of hydrogen-bond donors (Lipinski definition) is 0. The minimum atomic E-state index is 0.201. The molecule has 15 heavy (non-hydrogen) atoms. The Kier molecular flexibility index (Phi) is 3.76. The minimum absolute atomic E-state index is 0.201. The van der Waals surface area contributed by atoms with E-state index in [1.54, 1.807) is 0 Å². The van der Waals surface area contributed by atoms with E-state index in [1.165, 1.54) is 12.8 Å². The van der Waals surface area contributed by atoms with Crippen LogP contribution in [-0.4, -0.2) is 43.5 Å². The Labute approximate surface area is 91.8 Å². The molecule has 0 spiro atoms. The number of carbonyl (C=O) groups is 1. The van der Waals surface area contributed by atoms with Crippen LogP contribution in [0.3, 0.4) is 0 Å². The molecule has 0 N–H and O–H groups in total. The maximum Gasteiger partial charge on any atom is 0.149 e. The van der Waals surface area contributed by atoms with Gasteiger partial charge >= 0.3 is 0 Å². The van der Waals surface area contributed by atoms with Crippen molar-refractivity contribution in [2.24, 2.45) is 5.92 Å². The Morgan fingerprint density at radius 3 is 2.87 bits per heavy atom. The number of ketones is 1. The number of hydrogen-bond acceptors (Lipinski definition) is 3. The van der Waals surface area contributed by atoms with Gasteiger partial charge in [-0.05, 0) is 38.6 Å². The predicted octanol–water partition coefficient (Wildman–Crippen LogP) is 1.47. The van der Waals surface area contributed by atoms with Gasteiger partial charge in [0.05, 0.1) is 12.6 Å². The summed E-state index contributed by atoms with van der Waals surface area (Å²) in [6.45, 7) is 2.82. The third kappa shape index (κ3) is 2.79. The van der Waals surface area contributed by atoms with Gasteiger partial charge in [0.15, 0.2) is 0 Å². The summed E-state index contributed by atoms with van der Waals surface area (Å²) in [5, 5.41) is 0. The lowest BCUT2D eigenvalue weighted by Gasteiger charge is -2.30. The number of ether oxygens (including phenoxy) is 1. The van der Waals surface area contributed by atoms with E-state index >= 15 is 0 Å². The first-order valence-corrected chi connectivity index (χ1v) is 6.08. The van der Waals surface area contributed by atoms with Crippen molar-refractivity contribution in [1.82, 2.24) is 4.90 Å². The highest BCUT2D eigenvalue weighted by molar-refractivity contribution is 5.85. The van der Waals surface area contributed by atoms with Crippen molar-refractivity contribution >= 4 is 5.78 Å². The van der Waals surface area contributed by atoms with Gasteiger partial charge in [-0.25, -0.2) is 0 Å². The zero-order valence-corrected chi connectivity index (χ0v) is 9.58. The van der Waals surface area contributed by atoms with Crippen molar-refractivity contribution in [2.75, 3.05) is 26.8 Å². The van der Waals surface area contributed by atoms with Gasteiger partial charge in [-0.1, -0.05) is 0 Å². The molecule has 0 aromatic carbocycles. The second-order valence-electron chi connectivity index (χ2n) is 4.90. The van der Waals surface area contributed by atoms with Gasteiger partial charge in [-0.2, -0.15) is 0 Å². The van der Waals surface area contributed by atoms with Crippen molar-refractivity contribution in [1.29, 1.82) is 0 Å². The van der Waals surface area contributed by atoms with Crippen LogP contribution in [0.1, 0.15) is 32.1 Å². The fourth-order valence-electron chi connectivity index (χ4n) is 2.75. The van der Waals surface area contributed by atoms with Gasteiger partial charge < -0.3 is 4.74 Å². The molecule has 1 aliphatic carbocycles. The van der Waals surface area contributed by atoms with Crippen molar-refractivity contribution in [3.63, 3.8) is 0 Å². The Morgan fingerprint density at radius 1 is 1.40 bits per heavy atom. The first-order chi connectivity index (χ1) is 7.27. The van der Waals surface area contributed by atoms with Crippen LogP contribution in [0.15, 0.2) is 0 Å². The van der Waals surface area contributed by atoms with E-state index < -0.39 is 0 Å². The summed E-state index contributed by atoms with van der Waals surface area (Å²) in [5.41, 5.74) is 0. The first-order valence-electron chi connectivity index (χ1n) is 6.08. The molecule has 3 nitrogen and oxygen atoms in total. The highest BCUT2D eigenvalue weighted by atomic mass is 16.5. The van der Waals surface area contributed by atoms with Crippen molar-refractivity contribution in [3.8, 4) is 0 Å². The van der Waals surface area contributed by atoms with Gasteiger partial charge in [0.1, 0.15) is 5.78 Å². The molecular weight excluding hydrogens is 190 g/mol. The highest BCUT2D eigenvalue weighted by Crippen LogP contribution is 2.22. The van der Waals surface area contributed by atoms with Gasteiger partial charge in [-0.15, -0.1) is 0 Å². The molecule has 0 aromatic heterocycles. The molecular formula is C12H21NO2. The third-order valence-electron chi connectivity index (χ3n) is 3.61. The van der Waals surface area contributed by atoms with Gasteiger partial charge in [0.25, 0.3) is 0 Å². The van der Waals surface area contributed by atoms with E-state index in [2.05, 4.69) is 11.9 Å². The number of nitrogens with zero attached hydrogens (tertiary/aromatic N) is 1. The monoisotopic (exact) mass is 211 g/mol. The zero-order valence-electron chi connectivity index (χ0n) is 9.58. The number of rotatable bonds is 3. The number of carbonyl (C=O) groups excluding carboxylic acids is 1. The molecule has 0 radical (unpaired) electrons. The SMILES string of the molecule is CN(CC1CCCOC1)C1CCCC1=O. The van der Waals surface area contributed by atoms with Crippen LogP contribution in [0.4, 0.5) is 0 Å². The molecule has 86 valence electrons. The molecule has 1 heterocycles. The second-order valence-corrected chi connectivity index (χ2v) is 4.90. The standard InChI is InChI=1S/C12H21NO2/c1-13(11-5-2-6-12(11)14)8-10-4-3-7-15-9-10/h10-11H,2-9H2,1H3.